The molecule has 1 N–H and O–H groups in total. The Labute approximate surface area is 197 Å². The number of hydrogen-bond donors (Lipinski definition) is 1. The van der Waals surface area contributed by atoms with Crippen LogP contribution in [0.5, 0.6) is 5.75 Å². The van der Waals surface area contributed by atoms with E-state index in [-0.39, 0.29) is 18.0 Å². The number of benzene rings is 3. The van der Waals surface area contributed by atoms with Gasteiger partial charge in [-0.2, -0.15) is 0 Å². The molecule has 7 nitrogen and oxygen atoms in total. The molecule has 34 heavy (non-hydrogen) atoms. The first-order chi connectivity index (χ1) is 16.5. The number of fused-ring (bicyclic) bond motifs is 2. The smallest absolute Gasteiger partial charge is 0.196 e. The highest BCUT2D eigenvalue weighted by atomic mass is 16.5. The van der Waals surface area contributed by atoms with Crippen molar-refractivity contribution in [3.8, 4) is 17.1 Å². The maximum atomic E-state index is 13.7. The zero-order chi connectivity index (χ0) is 23.4. The van der Waals surface area contributed by atoms with Gasteiger partial charge in [-0.05, 0) is 44.2 Å². The van der Waals surface area contributed by atoms with Gasteiger partial charge in [-0.25, -0.2) is 0 Å². The summed E-state index contributed by atoms with van der Waals surface area (Å²) in [4.78, 5) is 16.0. The fourth-order valence-corrected chi connectivity index (χ4v) is 5.09. The van der Waals surface area contributed by atoms with Crippen LogP contribution in [0.25, 0.3) is 22.2 Å². The van der Waals surface area contributed by atoms with Crippen molar-refractivity contribution < 1.29 is 18.8 Å². The maximum Gasteiger partial charge on any atom is 0.196 e. The van der Waals surface area contributed by atoms with E-state index >= 15 is 0 Å². The average Bonchev–Trinajstić information content (AvgIpc) is 3.28. The SMILES string of the molecule is COc1ccc(Nc2cc(N3C[C@@H](C)O[C@H](C)C3)c3noc4c3c2C(=O)c2ccccc2-4)cc1. The van der Waals surface area contributed by atoms with Gasteiger partial charge in [0.05, 0.1) is 41.6 Å². The fraction of sp³-hybridized carbons (Fsp3) is 0.259. The van der Waals surface area contributed by atoms with Crippen LogP contribution < -0.4 is 15.0 Å². The van der Waals surface area contributed by atoms with Crippen LogP contribution in [0.15, 0.2) is 59.1 Å². The molecule has 1 fully saturated rings. The lowest BCUT2D eigenvalue weighted by molar-refractivity contribution is -0.00515. The Morgan fingerprint density at radius 1 is 1.03 bits per heavy atom. The minimum Gasteiger partial charge on any atom is -0.497 e. The number of carbonyl (C=O) groups excluding carboxylic acids is 1. The van der Waals surface area contributed by atoms with Crippen LogP contribution in [0.3, 0.4) is 0 Å². The Morgan fingerprint density at radius 2 is 1.74 bits per heavy atom. The second-order valence-corrected chi connectivity index (χ2v) is 8.94. The first-order valence-corrected chi connectivity index (χ1v) is 11.5. The van der Waals surface area contributed by atoms with Gasteiger partial charge in [-0.1, -0.05) is 29.4 Å². The molecule has 1 aliphatic heterocycles. The summed E-state index contributed by atoms with van der Waals surface area (Å²) < 4.78 is 17.1. The summed E-state index contributed by atoms with van der Waals surface area (Å²) >= 11 is 0. The van der Waals surface area contributed by atoms with Crippen molar-refractivity contribution in [3.05, 3.63) is 65.7 Å². The number of anilines is 3. The molecule has 2 aliphatic rings. The van der Waals surface area contributed by atoms with Crippen molar-refractivity contribution in [1.29, 1.82) is 0 Å². The number of methoxy groups -OCH3 is 1. The lowest BCUT2D eigenvalue weighted by Gasteiger charge is -2.37. The van der Waals surface area contributed by atoms with E-state index in [1.165, 1.54) is 0 Å². The molecule has 172 valence electrons. The highest BCUT2D eigenvalue weighted by Gasteiger charge is 2.34. The predicted molar refractivity (Wildman–Crippen MR) is 131 cm³/mol. The quantitative estimate of drug-likeness (QED) is 0.388. The number of ketones is 1. The number of nitrogens with zero attached hydrogens (tertiary/aromatic N) is 2. The minimum atomic E-state index is -0.0393. The summed E-state index contributed by atoms with van der Waals surface area (Å²) in [6.07, 6.45) is 0.163. The number of rotatable bonds is 4. The van der Waals surface area contributed by atoms with Gasteiger partial charge in [0.15, 0.2) is 11.5 Å². The molecule has 2 heterocycles. The van der Waals surface area contributed by atoms with Crippen LogP contribution in [0.2, 0.25) is 0 Å². The predicted octanol–water partition coefficient (Wildman–Crippen LogP) is 5.41. The van der Waals surface area contributed by atoms with Crippen molar-refractivity contribution in [2.45, 2.75) is 26.1 Å². The molecule has 7 heteroatoms. The van der Waals surface area contributed by atoms with Gasteiger partial charge in [0.1, 0.15) is 11.3 Å². The highest BCUT2D eigenvalue weighted by Crippen LogP contribution is 2.46. The van der Waals surface area contributed by atoms with Gasteiger partial charge >= 0.3 is 0 Å². The fourth-order valence-electron chi connectivity index (χ4n) is 5.09. The van der Waals surface area contributed by atoms with Crippen LogP contribution in [0.4, 0.5) is 17.1 Å². The monoisotopic (exact) mass is 455 g/mol. The molecule has 1 aromatic heterocycles. The van der Waals surface area contributed by atoms with Gasteiger partial charge in [-0.3, -0.25) is 4.79 Å². The Morgan fingerprint density at radius 3 is 2.44 bits per heavy atom. The van der Waals surface area contributed by atoms with Crippen LogP contribution in [0.1, 0.15) is 29.8 Å². The summed E-state index contributed by atoms with van der Waals surface area (Å²) in [6.45, 7) is 5.60. The molecule has 2 atom stereocenters. The van der Waals surface area contributed by atoms with Crippen molar-refractivity contribution in [1.82, 2.24) is 5.16 Å². The van der Waals surface area contributed by atoms with Gasteiger partial charge < -0.3 is 24.2 Å². The number of aromatic nitrogens is 1. The van der Waals surface area contributed by atoms with E-state index in [1.54, 1.807) is 7.11 Å². The summed E-state index contributed by atoms with van der Waals surface area (Å²) in [5.41, 5.74) is 5.19. The summed E-state index contributed by atoms with van der Waals surface area (Å²) in [7, 11) is 1.64. The first-order valence-electron chi connectivity index (χ1n) is 11.5. The van der Waals surface area contributed by atoms with Crippen molar-refractivity contribution >= 4 is 33.7 Å². The molecule has 0 amide bonds. The molecule has 3 aromatic carbocycles. The lowest BCUT2D eigenvalue weighted by Crippen LogP contribution is -2.45. The second kappa shape index (κ2) is 7.88. The number of carbonyl (C=O) groups is 1. The molecular formula is C27H25N3O4. The molecule has 0 bridgehead atoms. The molecule has 0 spiro atoms. The minimum absolute atomic E-state index is 0.0393. The average molecular weight is 456 g/mol. The molecule has 0 unspecified atom stereocenters. The molecule has 6 rings (SSSR count). The third-order valence-electron chi connectivity index (χ3n) is 6.51. The number of nitrogens with one attached hydrogen (secondary N) is 1. The number of hydrogen-bond acceptors (Lipinski definition) is 7. The Hall–Kier alpha value is -3.84. The largest absolute Gasteiger partial charge is 0.497 e. The van der Waals surface area contributed by atoms with Gasteiger partial charge in [0.2, 0.25) is 0 Å². The summed E-state index contributed by atoms with van der Waals surface area (Å²) in [5.74, 6) is 1.36. The van der Waals surface area contributed by atoms with E-state index in [0.29, 0.717) is 22.4 Å². The molecule has 0 saturated carbocycles. The molecule has 4 aromatic rings. The van der Waals surface area contributed by atoms with Crippen molar-refractivity contribution in [2.75, 3.05) is 30.4 Å². The van der Waals surface area contributed by atoms with Gasteiger partial charge in [0, 0.05) is 29.9 Å². The number of ether oxygens (including phenoxy) is 2. The van der Waals surface area contributed by atoms with E-state index in [9.17, 15) is 4.79 Å². The van der Waals surface area contributed by atoms with Gasteiger partial charge in [-0.15, -0.1) is 0 Å². The third-order valence-corrected chi connectivity index (χ3v) is 6.51. The van der Waals surface area contributed by atoms with E-state index in [2.05, 4.69) is 29.2 Å². The zero-order valence-corrected chi connectivity index (χ0v) is 19.3. The van der Waals surface area contributed by atoms with Crippen molar-refractivity contribution in [3.63, 3.8) is 0 Å². The highest BCUT2D eigenvalue weighted by molar-refractivity contribution is 6.28. The molecule has 1 saturated heterocycles. The Balaban J connectivity index is 1.57. The maximum absolute atomic E-state index is 13.7. The molecule has 1 aliphatic carbocycles. The molecule has 0 radical (unpaired) electrons. The summed E-state index contributed by atoms with van der Waals surface area (Å²) in [6, 6.07) is 17.2. The lowest BCUT2D eigenvalue weighted by atomic mass is 9.86. The van der Waals surface area contributed by atoms with E-state index in [4.69, 9.17) is 14.0 Å². The van der Waals surface area contributed by atoms with Crippen LogP contribution in [0, 0.1) is 0 Å². The van der Waals surface area contributed by atoms with Gasteiger partial charge in [0.25, 0.3) is 0 Å². The zero-order valence-electron chi connectivity index (χ0n) is 19.3. The van der Waals surface area contributed by atoms with Crippen LogP contribution in [-0.2, 0) is 4.74 Å². The second-order valence-electron chi connectivity index (χ2n) is 8.94. The third kappa shape index (κ3) is 3.23. The summed E-state index contributed by atoms with van der Waals surface area (Å²) in [5, 5.41) is 8.70. The van der Waals surface area contributed by atoms with Crippen LogP contribution in [-0.4, -0.2) is 43.3 Å². The first kappa shape index (κ1) is 20.7. The van der Waals surface area contributed by atoms with Crippen molar-refractivity contribution in [2.24, 2.45) is 0 Å². The van der Waals surface area contributed by atoms with E-state index in [0.717, 1.165) is 46.9 Å². The number of morpholine rings is 1. The Bertz CT molecular complexity index is 1400. The molecular weight excluding hydrogens is 430 g/mol. The Kier molecular flexibility index (Phi) is 4.81. The topological polar surface area (TPSA) is 76.8 Å². The van der Waals surface area contributed by atoms with E-state index < -0.39 is 0 Å². The standard InChI is InChI=1S/C27H25N3O4/c1-15-13-30(14-16(2)33-15)22-12-21(28-17-8-10-18(32-3)11-9-17)23-24-25(22)29-34-27(24)20-7-5-4-6-19(20)26(23)31/h4-12,15-16,28H,13-14H2,1-3H3/t15-,16-/m1/s1. The van der Waals surface area contributed by atoms with E-state index in [1.807, 2.05) is 54.6 Å². The van der Waals surface area contributed by atoms with Crippen LogP contribution >= 0.6 is 0 Å². The normalized spacial score (nSPS) is 19.3.